The molecule has 1 fully saturated rings. The molecular weight excluding hydrogens is 366 g/mol. The fourth-order valence-electron chi connectivity index (χ4n) is 3.51. The SMILES string of the molecule is Cc1nn(-c2ccccc2)c(N2CCCC2)c1/C=N\Nc1ccc(C(=O)[O-])cc1. The van der Waals surface area contributed by atoms with E-state index in [9.17, 15) is 9.90 Å². The number of anilines is 2. The van der Waals surface area contributed by atoms with Crippen molar-refractivity contribution in [3.8, 4) is 5.69 Å². The van der Waals surface area contributed by atoms with Gasteiger partial charge in [0.2, 0.25) is 0 Å². The summed E-state index contributed by atoms with van der Waals surface area (Å²) in [5, 5.41) is 20.0. The van der Waals surface area contributed by atoms with Crippen LogP contribution >= 0.6 is 0 Å². The van der Waals surface area contributed by atoms with Crippen LogP contribution in [-0.4, -0.2) is 35.1 Å². The number of hydrogen-bond donors (Lipinski definition) is 1. The molecule has 1 N–H and O–H groups in total. The smallest absolute Gasteiger partial charge is 0.141 e. The van der Waals surface area contributed by atoms with Crippen LogP contribution in [0.2, 0.25) is 0 Å². The molecule has 3 aromatic rings. The van der Waals surface area contributed by atoms with Crippen molar-refractivity contribution in [2.75, 3.05) is 23.4 Å². The number of aryl methyl sites for hydroxylation is 1. The topological polar surface area (TPSA) is 85.6 Å². The van der Waals surface area contributed by atoms with Gasteiger partial charge in [-0.25, -0.2) is 4.68 Å². The first-order valence-electron chi connectivity index (χ1n) is 9.64. The third-order valence-corrected chi connectivity index (χ3v) is 5.00. The summed E-state index contributed by atoms with van der Waals surface area (Å²) >= 11 is 0. The Morgan fingerprint density at radius 2 is 1.79 bits per heavy atom. The number of benzene rings is 2. The van der Waals surface area contributed by atoms with Gasteiger partial charge in [0.05, 0.1) is 34.8 Å². The van der Waals surface area contributed by atoms with Crippen molar-refractivity contribution in [3.63, 3.8) is 0 Å². The Labute approximate surface area is 169 Å². The molecule has 0 unspecified atom stereocenters. The van der Waals surface area contributed by atoms with Crippen LogP contribution in [-0.2, 0) is 0 Å². The van der Waals surface area contributed by atoms with Crippen LogP contribution in [0.4, 0.5) is 11.5 Å². The Kier molecular flexibility index (Phi) is 5.29. The van der Waals surface area contributed by atoms with E-state index in [1.165, 1.54) is 25.0 Å². The monoisotopic (exact) mass is 388 g/mol. The predicted octanol–water partition coefficient (Wildman–Crippen LogP) is 2.59. The fraction of sp³-hybridized carbons (Fsp3) is 0.227. The van der Waals surface area contributed by atoms with Gasteiger partial charge in [0.15, 0.2) is 0 Å². The number of carbonyl (C=O) groups is 1. The lowest BCUT2D eigenvalue weighted by Gasteiger charge is -2.20. The van der Waals surface area contributed by atoms with Gasteiger partial charge >= 0.3 is 0 Å². The maximum Gasteiger partial charge on any atom is 0.141 e. The molecule has 4 rings (SSSR count). The van der Waals surface area contributed by atoms with Crippen molar-refractivity contribution in [1.29, 1.82) is 0 Å². The van der Waals surface area contributed by atoms with Crippen LogP contribution in [0.15, 0.2) is 59.7 Å². The molecule has 0 atom stereocenters. The van der Waals surface area contributed by atoms with Gasteiger partial charge in [-0.05, 0) is 49.6 Å². The average molecular weight is 388 g/mol. The minimum absolute atomic E-state index is 0.135. The quantitative estimate of drug-likeness (QED) is 0.518. The molecule has 0 spiro atoms. The highest BCUT2D eigenvalue weighted by atomic mass is 16.4. The molecule has 29 heavy (non-hydrogen) atoms. The summed E-state index contributed by atoms with van der Waals surface area (Å²) in [6, 6.07) is 16.4. The van der Waals surface area contributed by atoms with Crippen molar-refractivity contribution in [3.05, 3.63) is 71.4 Å². The van der Waals surface area contributed by atoms with E-state index in [0.29, 0.717) is 5.69 Å². The minimum Gasteiger partial charge on any atom is -0.545 e. The number of carboxylic acids is 1. The number of hydrazone groups is 1. The van der Waals surface area contributed by atoms with Crippen LogP contribution in [0, 0.1) is 6.92 Å². The maximum absolute atomic E-state index is 10.9. The van der Waals surface area contributed by atoms with Crippen LogP contribution in [0.25, 0.3) is 5.69 Å². The zero-order valence-corrected chi connectivity index (χ0v) is 16.2. The van der Waals surface area contributed by atoms with Crippen LogP contribution in [0.5, 0.6) is 0 Å². The van der Waals surface area contributed by atoms with Gasteiger partial charge in [0, 0.05) is 13.1 Å². The molecule has 148 valence electrons. The van der Waals surface area contributed by atoms with Crippen LogP contribution in [0.3, 0.4) is 0 Å². The second-order valence-electron chi connectivity index (χ2n) is 7.00. The first-order valence-corrected chi connectivity index (χ1v) is 9.64. The highest BCUT2D eigenvalue weighted by molar-refractivity contribution is 5.89. The van der Waals surface area contributed by atoms with Gasteiger partial charge in [0.25, 0.3) is 0 Å². The summed E-state index contributed by atoms with van der Waals surface area (Å²) in [5.74, 6) is -0.150. The second kappa shape index (κ2) is 8.18. The number of hydrogen-bond acceptors (Lipinski definition) is 6. The summed E-state index contributed by atoms with van der Waals surface area (Å²) in [6.45, 7) is 3.98. The Morgan fingerprint density at radius 1 is 1.10 bits per heavy atom. The summed E-state index contributed by atoms with van der Waals surface area (Å²) in [4.78, 5) is 13.2. The fourth-order valence-corrected chi connectivity index (χ4v) is 3.51. The minimum atomic E-state index is -1.20. The highest BCUT2D eigenvalue weighted by Gasteiger charge is 2.23. The number of rotatable bonds is 6. The molecule has 2 heterocycles. The largest absolute Gasteiger partial charge is 0.545 e. The van der Waals surface area contributed by atoms with Crippen molar-refractivity contribution < 1.29 is 9.90 Å². The number of nitrogens with zero attached hydrogens (tertiary/aromatic N) is 4. The molecule has 1 saturated heterocycles. The van der Waals surface area contributed by atoms with Crippen molar-refractivity contribution in [2.24, 2.45) is 5.10 Å². The number of aromatic nitrogens is 2. The molecule has 0 saturated carbocycles. The lowest BCUT2D eigenvalue weighted by atomic mass is 10.2. The van der Waals surface area contributed by atoms with Gasteiger partial charge in [-0.1, -0.05) is 30.3 Å². The molecule has 7 nitrogen and oxygen atoms in total. The second-order valence-corrected chi connectivity index (χ2v) is 7.00. The van der Waals surface area contributed by atoms with Crippen LogP contribution in [0.1, 0.15) is 34.5 Å². The molecule has 1 aromatic heterocycles. The van der Waals surface area contributed by atoms with Crippen molar-refractivity contribution >= 4 is 23.7 Å². The van der Waals surface area contributed by atoms with Crippen molar-refractivity contribution in [1.82, 2.24) is 9.78 Å². The van der Waals surface area contributed by atoms with Gasteiger partial charge in [-0.2, -0.15) is 10.2 Å². The summed E-state index contributed by atoms with van der Waals surface area (Å²) < 4.78 is 1.98. The molecule has 1 aliphatic heterocycles. The van der Waals surface area contributed by atoms with E-state index in [4.69, 9.17) is 5.10 Å². The zero-order chi connectivity index (χ0) is 20.2. The number of carboxylic acid groups (broad SMARTS) is 1. The zero-order valence-electron chi connectivity index (χ0n) is 16.2. The third kappa shape index (κ3) is 3.99. The van der Waals surface area contributed by atoms with Gasteiger partial charge < -0.3 is 14.8 Å². The average Bonchev–Trinajstić information content (AvgIpc) is 3.37. The van der Waals surface area contributed by atoms with E-state index in [2.05, 4.69) is 15.4 Å². The van der Waals surface area contributed by atoms with Gasteiger partial charge in [-0.15, -0.1) is 0 Å². The summed E-state index contributed by atoms with van der Waals surface area (Å²) in [7, 11) is 0. The normalized spacial score (nSPS) is 13.9. The molecular formula is C22H22N5O2-. The van der Waals surface area contributed by atoms with Gasteiger partial charge in [-0.3, -0.25) is 5.43 Å². The van der Waals surface area contributed by atoms with E-state index in [0.717, 1.165) is 35.9 Å². The number of para-hydroxylation sites is 1. The summed E-state index contributed by atoms with van der Waals surface area (Å²) in [5.41, 5.74) is 6.67. The first kappa shape index (κ1) is 18.7. The number of nitrogens with one attached hydrogen (secondary N) is 1. The number of carbonyl (C=O) groups excluding carboxylic acids is 1. The van der Waals surface area contributed by atoms with E-state index >= 15 is 0 Å². The Balaban J connectivity index is 1.63. The van der Waals surface area contributed by atoms with E-state index in [1.54, 1.807) is 18.3 Å². The summed E-state index contributed by atoms with van der Waals surface area (Å²) in [6.07, 6.45) is 4.11. The Bertz CT molecular complexity index is 1020. The van der Waals surface area contributed by atoms with E-state index in [-0.39, 0.29) is 5.56 Å². The molecule has 1 aliphatic rings. The predicted molar refractivity (Wildman–Crippen MR) is 112 cm³/mol. The third-order valence-electron chi connectivity index (χ3n) is 5.00. The van der Waals surface area contributed by atoms with Crippen LogP contribution < -0.4 is 15.4 Å². The van der Waals surface area contributed by atoms with Gasteiger partial charge in [0.1, 0.15) is 5.82 Å². The molecule has 7 heteroatoms. The molecule has 0 amide bonds. The maximum atomic E-state index is 10.9. The molecule has 0 radical (unpaired) electrons. The molecule has 0 aliphatic carbocycles. The standard InChI is InChI=1S/C22H23N5O2/c1-16-20(15-23-24-18-11-9-17(10-12-18)22(28)29)21(26-13-5-6-14-26)27(25-16)19-7-3-2-4-8-19/h2-4,7-12,15,24H,5-6,13-14H2,1H3,(H,28,29)/p-1/b23-15-. The van der Waals surface area contributed by atoms with E-state index < -0.39 is 5.97 Å². The lowest BCUT2D eigenvalue weighted by molar-refractivity contribution is -0.255. The first-order chi connectivity index (χ1) is 14.1. The highest BCUT2D eigenvalue weighted by Crippen LogP contribution is 2.29. The van der Waals surface area contributed by atoms with E-state index in [1.807, 2.05) is 41.9 Å². The molecule has 2 aromatic carbocycles. The van der Waals surface area contributed by atoms with Crippen molar-refractivity contribution in [2.45, 2.75) is 19.8 Å². The Morgan fingerprint density at radius 3 is 2.45 bits per heavy atom. The molecule has 0 bridgehead atoms. The number of aromatic carboxylic acids is 1. The lowest BCUT2D eigenvalue weighted by Crippen LogP contribution is -2.22. The Hall–Kier alpha value is -3.61.